The topological polar surface area (TPSA) is 78.5 Å². The highest BCUT2D eigenvalue weighted by atomic mass is 19.1. The number of nitrogens with zero attached hydrogens (tertiary/aromatic N) is 1. The van der Waals surface area contributed by atoms with E-state index >= 15 is 0 Å². The van der Waals surface area contributed by atoms with E-state index in [4.69, 9.17) is 0 Å². The molecule has 4 rings (SSSR count). The smallest absolute Gasteiger partial charge is 0.254 e. The number of nitrogens with one attached hydrogen (secondary N) is 2. The summed E-state index contributed by atoms with van der Waals surface area (Å²) in [6, 6.07) is 4.53. The molecule has 1 aromatic carbocycles. The highest BCUT2D eigenvalue weighted by Crippen LogP contribution is 2.30. The lowest BCUT2D eigenvalue weighted by Crippen LogP contribution is -2.51. The molecule has 2 amide bonds. The second kappa shape index (κ2) is 10.3. The van der Waals surface area contributed by atoms with Gasteiger partial charge in [0.15, 0.2) is 5.78 Å². The zero-order chi connectivity index (χ0) is 23.5. The summed E-state index contributed by atoms with van der Waals surface area (Å²) in [5.74, 6) is -1.01. The molecule has 3 fully saturated rings. The van der Waals surface area contributed by atoms with Gasteiger partial charge in [-0.1, -0.05) is 39.2 Å². The van der Waals surface area contributed by atoms with Crippen LogP contribution in [-0.4, -0.2) is 54.2 Å². The van der Waals surface area contributed by atoms with E-state index in [0.717, 1.165) is 50.5 Å². The molecule has 2 saturated carbocycles. The first kappa shape index (κ1) is 23.9. The van der Waals surface area contributed by atoms with Gasteiger partial charge in [0, 0.05) is 33.8 Å². The number of carbonyl (C=O) groups excluding carboxylic acids is 3. The number of amides is 2. The predicted molar refractivity (Wildman–Crippen MR) is 129 cm³/mol. The van der Waals surface area contributed by atoms with Crippen molar-refractivity contribution in [1.29, 1.82) is 0 Å². The number of carbonyl (C=O) groups is 3. The summed E-state index contributed by atoms with van der Waals surface area (Å²) in [4.78, 5) is 40.0. The Morgan fingerprint density at radius 1 is 1.09 bits per heavy atom. The fraction of sp³-hybridized carbons (Fsp3) is 0.654. The van der Waals surface area contributed by atoms with Crippen LogP contribution in [0.5, 0.6) is 0 Å². The fourth-order valence-corrected chi connectivity index (χ4v) is 4.96. The van der Waals surface area contributed by atoms with E-state index in [2.05, 4.69) is 10.6 Å². The summed E-state index contributed by atoms with van der Waals surface area (Å²) in [6.45, 7) is 5.20. The number of Topliss-reactive ketones (excluding diaryl/α,β-unsaturated/α-hetero) is 1. The maximum absolute atomic E-state index is 14.6. The van der Waals surface area contributed by atoms with Crippen LogP contribution in [0.2, 0.25) is 0 Å². The van der Waals surface area contributed by atoms with Crippen LogP contribution < -0.4 is 10.6 Å². The molecule has 0 spiro atoms. The number of halogens is 1. The van der Waals surface area contributed by atoms with E-state index < -0.39 is 17.8 Å². The van der Waals surface area contributed by atoms with Crippen molar-refractivity contribution in [1.82, 2.24) is 15.5 Å². The van der Waals surface area contributed by atoms with Crippen molar-refractivity contribution in [2.75, 3.05) is 19.6 Å². The van der Waals surface area contributed by atoms with Crippen LogP contribution in [0.1, 0.15) is 83.5 Å². The third kappa shape index (κ3) is 5.81. The maximum Gasteiger partial charge on any atom is 0.254 e. The molecule has 2 aliphatic carbocycles. The summed E-state index contributed by atoms with van der Waals surface area (Å²) in [5, 5.41) is 6.12. The van der Waals surface area contributed by atoms with Gasteiger partial charge in [0.1, 0.15) is 5.82 Å². The van der Waals surface area contributed by atoms with Gasteiger partial charge in [0.2, 0.25) is 5.91 Å². The monoisotopic (exact) mass is 461 g/mol. The molecule has 3 aliphatic rings. The standard InChI is InChI=1S/C26H36FN3O3.2H2/c1-16(2)25(32)24(17-6-4-3-5-7-17)29-26(33)21-12-18(8-11-22(21)27)19-14-30(15-19)23(31)13-28-20-9-10-20;;/h8,11-12,16-17,19-20,24,28H,3-7,9-10,13-15H2,1-2H3,(H,29,33);2*1H/t24-;;/m1../s1. The number of benzene rings is 1. The predicted octanol–water partition coefficient (Wildman–Crippen LogP) is 3.90. The summed E-state index contributed by atoms with van der Waals surface area (Å²) in [5.41, 5.74) is 0.829. The Morgan fingerprint density at radius 2 is 1.79 bits per heavy atom. The van der Waals surface area contributed by atoms with Gasteiger partial charge in [-0.3, -0.25) is 14.4 Å². The summed E-state index contributed by atoms with van der Waals surface area (Å²) in [7, 11) is 0. The lowest BCUT2D eigenvalue weighted by Gasteiger charge is -2.40. The number of likely N-dealkylation sites (tertiary alicyclic amines) is 1. The maximum atomic E-state index is 14.6. The number of hydrogen-bond donors (Lipinski definition) is 2. The van der Waals surface area contributed by atoms with Gasteiger partial charge >= 0.3 is 0 Å². The number of ketones is 1. The molecule has 0 bridgehead atoms. The van der Waals surface area contributed by atoms with Crippen molar-refractivity contribution in [3.05, 3.63) is 35.1 Å². The van der Waals surface area contributed by atoms with Gasteiger partial charge in [0.25, 0.3) is 5.91 Å². The second-order valence-corrected chi connectivity index (χ2v) is 10.3. The van der Waals surface area contributed by atoms with Gasteiger partial charge in [-0.25, -0.2) is 4.39 Å². The van der Waals surface area contributed by atoms with Crippen LogP contribution >= 0.6 is 0 Å². The summed E-state index contributed by atoms with van der Waals surface area (Å²) < 4.78 is 14.6. The second-order valence-electron chi connectivity index (χ2n) is 10.3. The third-order valence-corrected chi connectivity index (χ3v) is 7.34. The Kier molecular flexibility index (Phi) is 7.47. The van der Waals surface area contributed by atoms with Crippen LogP contribution in [0.25, 0.3) is 0 Å². The molecule has 1 aromatic rings. The minimum absolute atomic E-state index is 0. The quantitative estimate of drug-likeness (QED) is 0.585. The minimum atomic E-state index is -0.587. The van der Waals surface area contributed by atoms with Crippen molar-refractivity contribution in [2.45, 2.75) is 76.8 Å². The van der Waals surface area contributed by atoms with Crippen LogP contribution in [0.15, 0.2) is 18.2 Å². The zero-order valence-corrected chi connectivity index (χ0v) is 19.7. The highest BCUT2D eigenvalue weighted by Gasteiger charge is 2.35. The molecule has 1 atom stereocenters. The van der Waals surface area contributed by atoms with E-state index in [-0.39, 0.29) is 37.9 Å². The molecule has 6 nitrogen and oxygen atoms in total. The molecular formula is C26H40FN3O3. The van der Waals surface area contributed by atoms with Crippen molar-refractivity contribution >= 4 is 17.6 Å². The first-order chi connectivity index (χ1) is 15.8. The highest BCUT2D eigenvalue weighted by molar-refractivity contribution is 5.98. The first-order valence-corrected chi connectivity index (χ1v) is 12.5. The van der Waals surface area contributed by atoms with Crippen molar-refractivity contribution in [3.8, 4) is 0 Å². The largest absolute Gasteiger partial charge is 0.342 e. The van der Waals surface area contributed by atoms with E-state index in [9.17, 15) is 18.8 Å². The van der Waals surface area contributed by atoms with Gasteiger partial charge in [0.05, 0.1) is 18.2 Å². The van der Waals surface area contributed by atoms with Crippen LogP contribution in [0.3, 0.4) is 0 Å². The molecule has 2 N–H and O–H groups in total. The van der Waals surface area contributed by atoms with Crippen LogP contribution in [-0.2, 0) is 9.59 Å². The SMILES string of the molecule is CC(C)C(=O)[C@H](NC(=O)c1cc(C2CN(C(=O)CNC3CC3)C2)ccc1F)C1CCCCC1.[HH].[HH]. The van der Waals surface area contributed by atoms with Crippen LogP contribution in [0, 0.1) is 17.7 Å². The summed E-state index contributed by atoms with van der Waals surface area (Å²) >= 11 is 0. The van der Waals surface area contributed by atoms with Gasteiger partial charge in [-0.2, -0.15) is 0 Å². The van der Waals surface area contributed by atoms with Gasteiger partial charge in [-0.15, -0.1) is 0 Å². The van der Waals surface area contributed by atoms with Crippen molar-refractivity contribution in [3.63, 3.8) is 0 Å². The molecule has 33 heavy (non-hydrogen) atoms. The Balaban J connectivity index is 0.00000216. The summed E-state index contributed by atoms with van der Waals surface area (Å²) in [6.07, 6.45) is 7.36. The van der Waals surface area contributed by atoms with E-state index in [1.165, 1.54) is 6.07 Å². The van der Waals surface area contributed by atoms with Crippen LogP contribution in [0.4, 0.5) is 4.39 Å². The van der Waals surface area contributed by atoms with Gasteiger partial charge < -0.3 is 15.5 Å². The molecule has 7 heteroatoms. The first-order valence-electron chi connectivity index (χ1n) is 12.5. The normalized spacial score (nSPS) is 20.4. The molecule has 184 valence electrons. The molecule has 0 aromatic heterocycles. The molecule has 1 heterocycles. The van der Waals surface area contributed by atoms with E-state index in [1.54, 1.807) is 17.0 Å². The zero-order valence-electron chi connectivity index (χ0n) is 19.7. The molecule has 0 radical (unpaired) electrons. The molecule has 1 aliphatic heterocycles. The Labute approximate surface area is 198 Å². The average molecular weight is 462 g/mol. The van der Waals surface area contributed by atoms with E-state index in [1.807, 2.05) is 13.8 Å². The molecular weight excluding hydrogens is 421 g/mol. The van der Waals surface area contributed by atoms with Gasteiger partial charge in [-0.05, 0) is 49.3 Å². The Bertz CT molecular complexity index is 898. The lowest BCUT2D eigenvalue weighted by atomic mass is 9.80. The molecule has 1 saturated heterocycles. The third-order valence-electron chi connectivity index (χ3n) is 7.34. The van der Waals surface area contributed by atoms with Crippen molar-refractivity contribution < 1.29 is 21.6 Å². The molecule has 0 unspecified atom stereocenters. The van der Waals surface area contributed by atoms with Crippen molar-refractivity contribution in [2.24, 2.45) is 11.8 Å². The fourth-order valence-electron chi connectivity index (χ4n) is 4.96. The average Bonchev–Trinajstić information content (AvgIpc) is 3.60. The number of hydrogen-bond acceptors (Lipinski definition) is 4. The minimum Gasteiger partial charge on any atom is -0.342 e. The number of rotatable bonds is 9. The Hall–Kier alpha value is -2.28. The Morgan fingerprint density at radius 3 is 2.42 bits per heavy atom. The lowest BCUT2D eigenvalue weighted by molar-refractivity contribution is -0.134. The van der Waals surface area contributed by atoms with E-state index in [0.29, 0.717) is 25.7 Å².